The second-order valence-electron chi connectivity index (χ2n) is 4.80. The summed E-state index contributed by atoms with van der Waals surface area (Å²) < 4.78 is 10.4. The first-order chi connectivity index (χ1) is 10.6. The molecule has 2 aromatic rings. The summed E-state index contributed by atoms with van der Waals surface area (Å²) in [4.78, 5) is 12.0. The molecule has 0 aliphatic heterocycles. The average molecular weight is 300 g/mol. The third kappa shape index (κ3) is 3.91. The highest BCUT2D eigenvalue weighted by molar-refractivity contribution is 5.91. The number of anilines is 1. The van der Waals surface area contributed by atoms with Crippen LogP contribution in [0.25, 0.3) is 0 Å². The summed E-state index contributed by atoms with van der Waals surface area (Å²) in [6.45, 7) is 2.48. The number of methoxy groups -OCH3 is 2. The van der Waals surface area contributed by atoms with Gasteiger partial charge in [0.2, 0.25) is 0 Å². The van der Waals surface area contributed by atoms with E-state index in [9.17, 15) is 4.79 Å². The predicted octanol–water partition coefficient (Wildman–Crippen LogP) is 3.33. The van der Waals surface area contributed by atoms with Crippen molar-refractivity contribution in [3.8, 4) is 11.5 Å². The van der Waals surface area contributed by atoms with Crippen molar-refractivity contribution in [2.24, 2.45) is 0 Å². The molecule has 0 saturated heterocycles. The highest BCUT2D eigenvalue weighted by Gasteiger charge is 2.09. The molecule has 0 radical (unpaired) electrons. The van der Waals surface area contributed by atoms with E-state index in [1.807, 2.05) is 31.2 Å². The molecule has 5 heteroatoms. The van der Waals surface area contributed by atoms with Gasteiger partial charge in [0.05, 0.1) is 19.9 Å². The molecule has 5 nitrogen and oxygen atoms in total. The minimum Gasteiger partial charge on any atom is -0.497 e. The van der Waals surface area contributed by atoms with Crippen LogP contribution in [0.5, 0.6) is 11.5 Å². The van der Waals surface area contributed by atoms with E-state index in [1.165, 1.54) is 0 Å². The van der Waals surface area contributed by atoms with Gasteiger partial charge in [0.15, 0.2) is 0 Å². The number of carbonyl (C=O) groups is 1. The van der Waals surface area contributed by atoms with Crippen molar-refractivity contribution in [3.05, 3.63) is 53.6 Å². The van der Waals surface area contributed by atoms with Crippen LogP contribution in [-0.4, -0.2) is 20.3 Å². The van der Waals surface area contributed by atoms with Crippen molar-refractivity contribution >= 4 is 11.7 Å². The lowest BCUT2D eigenvalue weighted by atomic mass is 10.1. The maximum Gasteiger partial charge on any atom is 0.319 e. The van der Waals surface area contributed by atoms with Crippen LogP contribution in [0.2, 0.25) is 0 Å². The van der Waals surface area contributed by atoms with E-state index in [-0.39, 0.29) is 6.03 Å². The van der Waals surface area contributed by atoms with E-state index < -0.39 is 0 Å². The Morgan fingerprint density at radius 3 is 2.55 bits per heavy atom. The zero-order chi connectivity index (χ0) is 15.9. The molecule has 0 unspecified atom stereocenters. The number of aryl methyl sites for hydroxylation is 1. The van der Waals surface area contributed by atoms with Gasteiger partial charge in [0, 0.05) is 12.6 Å². The standard InChI is InChI=1S/C17H20N2O3/c1-12-6-4-5-7-13(12)11-18-17(20)19-15-10-14(21-2)8-9-16(15)22-3/h4-10H,11H2,1-3H3,(H2,18,19,20). The van der Waals surface area contributed by atoms with Crippen molar-refractivity contribution in [1.82, 2.24) is 5.32 Å². The third-order valence-electron chi connectivity index (χ3n) is 3.36. The van der Waals surface area contributed by atoms with E-state index in [1.54, 1.807) is 32.4 Å². The number of ether oxygens (including phenoxy) is 2. The van der Waals surface area contributed by atoms with Gasteiger partial charge in [0.1, 0.15) is 11.5 Å². The van der Waals surface area contributed by atoms with Gasteiger partial charge in [-0.2, -0.15) is 0 Å². The summed E-state index contributed by atoms with van der Waals surface area (Å²) in [6, 6.07) is 12.9. The van der Waals surface area contributed by atoms with Crippen LogP contribution in [-0.2, 0) is 6.54 Å². The molecule has 116 valence electrons. The number of hydrogen-bond acceptors (Lipinski definition) is 3. The first-order valence-electron chi connectivity index (χ1n) is 6.95. The molecule has 0 spiro atoms. The van der Waals surface area contributed by atoms with Gasteiger partial charge < -0.3 is 20.1 Å². The zero-order valence-electron chi connectivity index (χ0n) is 13.0. The Labute approximate surface area is 130 Å². The van der Waals surface area contributed by atoms with Crippen molar-refractivity contribution in [1.29, 1.82) is 0 Å². The average Bonchev–Trinajstić information content (AvgIpc) is 2.54. The number of rotatable bonds is 5. The molecule has 2 aromatic carbocycles. The van der Waals surface area contributed by atoms with Crippen molar-refractivity contribution in [2.75, 3.05) is 19.5 Å². The van der Waals surface area contributed by atoms with Gasteiger partial charge in [-0.25, -0.2) is 4.79 Å². The summed E-state index contributed by atoms with van der Waals surface area (Å²) in [5.74, 6) is 1.22. The maximum absolute atomic E-state index is 12.0. The van der Waals surface area contributed by atoms with Gasteiger partial charge in [-0.3, -0.25) is 0 Å². The fourth-order valence-corrected chi connectivity index (χ4v) is 2.06. The number of benzene rings is 2. The normalized spacial score (nSPS) is 9.95. The second kappa shape index (κ2) is 7.36. The number of carbonyl (C=O) groups excluding carboxylic acids is 1. The lowest BCUT2D eigenvalue weighted by Gasteiger charge is -2.13. The molecule has 22 heavy (non-hydrogen) atoms. The minimum absolute atomic E-state index is 0.296. The Hall–Kier alpha value is -2.69. The van der Waals surface area contributed by atoms with Crippen LogP contribution < -0.4 is 20.1 Å². The quantitative estimate of drug-likeness (QED) is 0.890. The van der Waals surface area contributed by atoms with E-state index >= 15 is 0 Å². The third-order valence-corrected chi connectivity index (χ3v) is 3.36. The van der Waals surface area contributed by atoms with Gasteiger partial charge in [0.25, 0.3) is 0 Å². The molecule has 0 bridgehead atoms. The number of nitrogens with one attached hydrogen (secondary N) is 2. The summed E-state index contributed by atoms with van der Waals surface area (Å²) in [7, 11) is 3.13. The Kier molecular flexibility index (Phi) is 5.25. The summed E-state index contributed by atoms with van der Waals surface area (Å²) in [6.07, 6.45) is 0. The van der Waals surface area contributed by atoms with E-state index in [0.29, 0.717) is 23.7 Å². The molecule has 2 N–H and O–H groups in total. The van der Waals surface area contributed by atoms with Crippen molar-refractivity contribution in [2.45, 2.75) is 13.5 Å². The highest BCUT2D eigenvalue weighted by Crippen LogP contribution is 2.28. The molecule has 0 saturated carbocycles. The molecular formula is C17H20N2O3. The largest absolute Gasteiger partial charge is 0.497 e. The molecule has 0 aliphatic carbocycles. The monoisotopic (exact) mass is 300 g/mol. The summed E-state index contributed by atoms with van der Waals surface area (Å²) in [5.41, 5.74) is 2.78. The lowest BCUT2D eigenvalue weighted by Crippen LogP contribution is -2.28. The topological polar surface area (TPSA) is 59.6 Å². The van der Waals surface area contributed by atoms with Crippen LogP contribution in [0.4, 0.5) is 10.5 Å². The Morgan fingerprint density at radius 2 is 1.86 bits per heavy atom. The minimum atomic E-state index is -0.296. The molecule has 2 rings (SSSR count). The molecule has 0 fully saturated rings. The highest BCUT2D eigenvalue weighted by atomic mass is 16.5. The number of amides is 2. The molecule has 0 heterocycles. The molecular weight excluding hydrogens is 280 g/mol. The lowest BCUT2D eigenvalue weighted by molar-refractivity contribution is 0.251. The Bertz CT molecular complexity index is 656. The van der Waals surface area contributed by atoms with Crippen molar-refractivity contribution in [3.63, 3.8) is 0 Å². The zero-order valence-corrected chi connectivity index (χ0v) is 13.0. The van der Waals surface area contributed by atoms with Crippen molar-refractivity contribution < 1.29 is 14.3 Å². The summed E-state index contributed by atoms with van der Waals surface area (Å²) >= 11 is 0. The van der Waals surface area contributed by atoms with E-state index in [0.717, 1.165) is 11.1 Å². The van der Waals surface area contributed by atoms with E-state index in [2.05, 4.69) is 10.6 Å². The first kappa shape index (κ1) is 15.7. The predicted molar refractivity (Wildman–Crippen MR) is 86.6 cm³/mol. The van der Waals surface area contributed by atoms with Gasteiger partial charge in [-0.1, -0.05) is 24.3 Å². The molecule has 2 amide bonds. The Balaban J connectivity index is 2.01. The smallest absolute Gasteiger partial charge is 0.319 e. The number of urea groups is 1. The SMILES string of the molecule is COc1ccc(OC)c(NC(=O)NCc2ccccc2C)c1. The first-order valence-corrected chi connectivity index (χ1v) is 6.95. The second-order valence-corrected chi connectivity index (χ2v) is 4.80. The summed E-state index contributed by atoms with van der Waals surface area (Å²) in [5, 5.41) is 5.60. The van der Waals surface area contributed by atoms with E-state index in [4.69, 9.17) is 9.47 Å². The van der Waals surface area contributed by atoms with Crippen LogP contribution in [0.1, 0.15) is 11.1 Å². The molecule has 0 aliphatic rings. The van der Waals surface area contributed by atoms with Crippen LogP contribution in [0.15, 0.2) is 42.5 Å². The fraction of sp³-hybridized carbons (Fsp3) is 0.235. The van der Waals surface area contributed by atoms with Gasteiger partial charge >= 0.3 is 6.03 Å². The van der Waals surface area contributed by atoms with Gasteiger partial charge in [-0.05, 0) is 30.2 Å². The fourth-order valence-electron chi connectivity index (χ4n) is 2.06. The molecule has 0 atom stereocenters. The van der Waals surface area contributed by atoms with Crippen LogP contribution in [0.3, 0.4) is 0 Å². The number of hydrogen-bond donors (Lipinski definition) is 2. The Morgan fingerprint density at radius 1 is 1.09 bits per heavy atom. The van der Waals surface area contributed by atoms with Crippen LogP contribution >= 0.6 is 0 Å². The molecule has 0 aromatic heterocycles. The van der Waals surface area contributed by atoms with Crippen LogP contribution in [0, 0.1) is 6.92 Å². The van der Waals surface area contributed by atoms with Gasteiger partial charge in [-0.15, -0.1) is 0 Å². The maximum atomic E-state index is 12.0.